The van der Waals surface area contributed by atoms with Crippen LogP contribution in [0.3, 0.4) is 0 Å². The molecule has 0 fully saturated rings. The fourth-order valence-electron chi connectivity index (χ4n) is 1.57. The molecule has 0 aromatic carbocycles. The van der Waals surface area contributed by atoms with Crippen molar-refractivity contribution in [1.82, 2.24) is 24.7 Å². The minimum absolute atomic E-state index is 0.397. The third kappa shape index (κ3) is 2.77. The number of nitrogens with zero attached hydrogens (tertiary/aromatic N) is 5. The van der Waals surface area contributed by atoms with Crippen LogP contribution >= 0.6 is 45.5 Å². The molecule has 0 unspecified atom stereocenters. The lowest BCUT2D eigenvalue weighted by Crippen LogP contribution is -1.92. The van der Waals surface area contributed by atoms with E-state index in [0.717, 1.165) is 19.1 Å². The second-order valence-corrected chi connectivity index (χ2v) is 7.08. The van der Waals surface area contributed by atoms with Crippen molar-refractivity contribution in [2.24, 2.45) is 7.05 Å². The highest BCUT2D eigenvalue weighted by molar-refractivity contribution is 14.1. The average molecular weight is 404 g/mol. The van der Waals surface area contributed by atoms with Gasteiger partial charge in [0.25, 0.3) is 0 Å². The SMILES string of the molecule is Cn1cc(-c2cc(Cl)nc(-c3ncc(I)s3)n2)cn1. The maximum atomic E-state index is 6.06. The molecule has 3 aromatic heterocycles. The summed E-state index contributed by atoms with van der Waals surface area (Å²) in [6, 6.07) is 1.72. The van der Waals surface area contributed by atoms with E-state index in [-0.39, 0.29) is 0 Å². The van der Waals surface area contributed by atoms with Gasteiger partial charge in [-0.3, -0.25) is 4.68 Å². The van der Waals surface area contributed by atoms with Crippen molar-refractivity contribution in [3.63, 3.8) is 0 Å². The van der Waals surface area contributed by atoms with Crippen molar-refractivity contribution < 1.29 is 0 Å². The first-order chi connectivity index (χ1) is 9.11. The van der Waals surface area contributed by atoms with Gasteiger partial charge in [-0.05, 0) is 22.6 Å². The van der Waals surface area contributed by atoms with E-state index >= 15 is 0 Å². The van der Waals surface area contributed by atoms with E-state index < -0.39 is 0 Å². The van der Waals surface area contributed by atoms with Crippen molar-refractivity contribution in [2.45, 2.75) is 0 Å². The monoisotopic (exact) mass is 403 g/mol. The average Bonchev–Trinajstić information content (AvgIpc) is 2.97. The Morgan fingerprint density at radius 3 is 2.79 bits per heavy atom. The molecule has 0 aliphatic heterocycles. The molecule has 8 heteroatoms. The van der Waals surface area contributed by atoms with E-state index in [0.29, 0.717) is 11.0 Å². The van der Waals surface area contributed by atoms with Crippen LogP contribution in [0.15, 0.2) is 24.7 Å². The van der Waals surface area contributed by atoms with Gasteiger partial charge in [0.15, 0.2) is 10.8 Å². The summed E-state index contributed by atoms with van der Waals surface area (Å²) in [6.07, 6.45) is 5.41. The van der Waals surface area contributed by atoms with Crippen LogP contribution < -0.4 is 0 Å². The van der Waals surface area contributed by atoms with Crippen molar-refractivity contribution in [1.29, 1.82) is 0 Å². The summed E-state index contributed by atoms with van der Waals surface area (Å²) in [5, 5.41) is 5.29. The van der Waals surface area contributed by atoms with Crippen molar-refractivity contribution >= 4 is 45.5 Å². The zero-order valence-corrected chi connectivity index (χ0v) is 13.4. The maximum absolute atomic E-state index is 6.06. The van der Waals surface area contributed by atoms with Gasteiger partial charge in [0.05, 0.1) is 21.0 Å². The molecule has 3 rings (SSSR count). The largest absolute Gasteiger partial charge is 0.275 e. The lowest BCUT2D eigenvalue weighted by atomic mass is 10.2. The first-order valence-electron chi connectivity index (χ1n) is 5.27. The van der Waals surface area contributed by atoms with Crippen LogP contribution in [0, 0.1) is 2.88 Å². The summed E-state index contributed by atoms with van der Waals surface area (Å²) in [6.45, 7) is 0. The molecule has 0 saturated carbocycles. The summed E-state index contributed by atoms with van der Waals surface area (Å²) >= 11 is 9.80. The van der Waals surface area contributed by atoms with Crippen LogP contribution in [0.2, 0.25) is 5.15 Å². The number of aryl methyl sites for hydroxylation is 1. The standard InChI is InChI=1S/C11H7ClIN5S/c1-18-5-6(3-15-18)7-2-8(12)17-10(16-7)11-14-4-9(13)19-11/h2-5H,1H3. The minimum Gasteiger partial charge on any atom is -0.275 e. The van der Waals surface area contributed by atoms with Gasteiger partial charge in [-0.25, -0.2) is 15.0 Å². The van der Waals surface area contributed by atoms with Crippen LogP contribution in [0.4, 0.5) is 0 Å². The smallest absolute Gasteiger partial charge is 0.190 e. The summed E-state index contributed by atoms with van der Waals surface area (Å²) in [7, 11) is 1.86. The number of aromatic nitrogens is 5. The molecule has 0 bridgehead atoms. The lowest BCUT2D eigenvalue weighted by molar-refractivity contribution is 0.768. The summed E-state index contributed by atoms with van der Waals surface area (Å²) in [5.74, 6) is 0.541. The Labute approximate surface area is 131 Å². The van der Waals surface area contributed by atoms with Crippen LogP contribution in [0.5, 0.6) is 0 Å². The Morgan fingerprint density at radius 1 is 1.32 bits per heavy atom. The van der Waals surface area contributed by atoms with E-state index in [1.165, 1.54) is 11.3 Å². The van der Waals surface area contributed by atoms with Gasteiger partial charge in [0.2, 0.25) is 0 Å². The van der Waals surface area contributed by atoms with E-state index in [2.05, 4.69) is 42.6 Å². The molecule has 0 N–H and O–H groups in total. The molecular formula is C11H7ClIN5S. The molecule has 0 aliphatic rings. The zero-order valence-electron chi connectivity index (χ0n) is 9.71. The normalized spacial score (nSPS) is 10.9. The second kappa shape index (κ2) is 5.14. The molecule has 0 atom stereocenters. The predicted octanol–water partition coefficient (Wildman–Crippen LogP) is 3.26. The van der Waals surface area contributed by atoms with E-state index in [1.54, 1.807) is 23.1 Å². The maximum Gasteiger partial charge on any atom is 0.190 e. The Balaban J connectivity index is 2.10. The number of halogens is 2. The number of thiazole rings is 1. The molecule has 0 aliphatic carbocycles. The summed E-state index contributed by atoms with van der Waals surface area (Å²) in [4.78, 5) is 13.0. The molecule has 19 heavy (non-hydrogen) atoms. The highest BCUT2D eigenvalue weighted by Crippen LogP contribution is 2.27. The van der Waals surface area contributed by atoms with Crippen LogP contribution in [-0.2, 0) is 7.05 Å². The molecular weight excluding hydrogens is 397 g/mol. The fourth-order valence-corrected chi connectivity index (χ4v) is 3.10. The lowest BCUT2D eigenvalue weighted by Gasteiger charge is -2.00. The second-order valence-electron chi connectivity index (χ2n) is 3.77. The summed E-state index contributed by atoms with van der Waals surface area (Å²) in [5.41, 5.74) is 1.65. The Morgan fingerprint density at radius 2 is 2.16 bits per heavy atom. The predicted molar refractivity (Wildman–Crippen MR) is 83.1 cm³/mol. The molecule has 5 nitrogen and oxygen atoms in total. The van der Waals surface area contributed by atoms with Crippen LogP contribution in [0.1, 0.15) is 0 Å². The molecule has 0 saturated heterocycles. The molecule has 0 spiro atoms. The van der Waals surface area contributed by atoms with Gasteiger partial charge in [-0.15, -0.1) is 11.3 Å². The molecule has 96 valence electrons. The molecule has 3 heterocycles. The van der Waals surface area contributed by atoms with Crippen molar-refractivity contribution in [3.05, 3.63) is 32.7 Å². The number of rotatable bonds is 2. The van der Waals surface area contributed by atoms with Gasteiger partial charge in [-0.2, -0.15) is 5.10 Å². The van der Waals surface area contributed by atoms with Gasteiger partial charge >= 0.3 is 0 Å². The fraction of sp³-hybridized carbons (Fsp3) is 0.0909. The van der Waals surface area contributed by atoms with Crippen LogP contribution in [0.25, 0.3) is 22.1 Å². The zero-order chi connectivity index (χ0) is 13.4. The van der Waals surface area contributed by atoms with Gasteiger partial charge in [0.1, 0.15) is 5.15 Å². The molecule has 0 radical (unpaired) electrons. The molecule has 3 aromatic rings. The first-order valence-corrected chi connectivity index (χ1v) is 7.54. The summed E-state index contributed by atoms with van der Waals surface area (Å²) < 4.78 is 2.80. The number of hydrogen-bond acceptors (Lipinski definition) is 5. The Kier molecular flexibility index (Phi) is 3.50. The first kappa shape index (κ1) is 12.9. The van der Waals surface area contributed by atoms with Gasteiger partial charge < -0.3 is 0 Å². The highest BCUT2D eigenvalue weighted by atomic mass is 127. The minimum atomic E-state index is 0.397. The van der Waals surface area contributed by atoms with E-state index in [9.17, 15) is 0 Å². The van der Waals surface area contributed by atoms with Gasteiger partial charge in [-0.1, -0.05) is 11.6 Å². The Hall–Kier alpha value is -1.06. The van der Waals surface area contributed by atoms with Gasteiger partial charge in [0, 0.05) is 24.9 Å². The third-order valence-corrected chi connectivity index (χ3v) is 4.28. The van der Waals surface area contributed by atoms with Crippen molar-refractivity contribution in [2.75, 3.05) is 0 Å². The third-order valence-electron chi connectivity index (χ3n) is 2.36. The Bertz CT molecular complexity index is 680. The molecule has 0 amide bonds. The van der Waals surface area contributed by atoms with E-state index in [1.807, 2.05) is 13.2 Å². The van der Waals surface area contributed by atoms with Crippen LogP contribution in [-0.4, -0.2) is 24.7 Å². The van der Waals surface area contributed by atoms with E-state index in [4.69, 9.17) is 11.6 Å². The topological polar surface area (TPSA) is 56.5 Å². The highest BCUT2D eigenvalue weighted by Gasteiger charge is 2.11. The number of hydrogen-bond donors (Lipinski definition) is 0. The van der Waals surface area contributed by atoms with Crippen molar-refractivity contribution in [3.8, 4) is 22.1 Å². The quantitative estimate of drug-likeness (QED) is 0.487.